The third kappa shape index (κ3) is 5.92. The molecule has 0 atom stereocenters. The summed E-state index contributed by atoms with van der Waals surface area (Å²) in [5.41, 5.74) is 4.09. The lowest BCUT2D eigenvalue weighted by molar-refractivity contribution is -0.117. The van der Waals surface area contributed by atoms with Crippen LogP contribution < -0.4 is 10.6 Å². The van der Waals surface area contributed by atoms with Crippen LogP contribution in [0.1, 0.15) is 54.1 Å². The van der Waals surface area contributed by atoms with Gasteiger partial charge in [0.15, 0.2) is 0 Å². The van der Waals surface area contributed by atoms with Crippen LogP contribution in [0.3, 0.4) is 0 Å². The van der Waals surface area contributed by atoms with E-state index in [-0.39, 0.29) is 11.8 Å². The van der Waals surface area contributed by atoms with E-state index in [4.69, 9.17) is 0 Å². The molecule has 1 heterocycles. The van der Waals surface area contributed by atoms with Crippen molar-refractivity contribution in [3.63, 3.8) is 0 Å². The molecule has 2 amide bonds. The number of amides is 2. The minimum Gasteiger partial charge on any atom is -0.326 e. The van der Waals surface area contributed by atoms with Gasteiger partial charge < -0.3 is 15.5 Å². The molecule has 0 radical (unpaired) electrons. The Morgan fingerprint density at radius 3 is 2.33 bits per heavy atom. The van der Waals surface area contributed by atoms with Gasteiger partial charge in [-0.3, -0.25) is 9.59 Å². The topological polar surface area (TPSA) is 61.4 Å². The molecule has 1 fully saturated rings. The van der Waals surface area contributed by atoms with Crippen molar-refractivity contribution in [2.45, 2.75) is 46.5 Å². The lowest BCUT2D eigenvalue weighted by atomic mass is 9.93. The van der Waals surface area contributed by atoms with E-state index in [1.54, 1.807) is 18.2 Å². The van der Waals surface area contributed by atoms with Crippen LogP contribution in [0, 0.1) is 19.8 Å². The molecule has 1 aliphatic rings. The predicted molar refractivity (Wildman–Crippen MR) is 123 cm³/mol. The van der Waals surface area contributed by atoms with Crippen LogP contribution in [-0.2, 0) is 4.79 Å². The number of rotatable bonds is 7. The molecule has 1 aliphatic heterocycles. The van der Waals surface area contributed by atoms with Gasteiger partial charge in [-0.15, -0.1) is 0 Å². The molecule has 0 aromatic heterocycles. The first-order valence-corrected chi connectivity index (χ1v) is 11.0. The zero-order chi connectivity index (χ0) is 21.5. The molecular formula is C25H33N3O2. The third-order valence-corrected chi connectivity index (χ3v) is 5.85. The first kappa shape index (κ1) is 22.0. The Kier molecular flexibility index (Phi) is 7.63. The number of likely N-dealkylation sites (tertiary alicyclic amines) is 1. The highest BCUT2D eigenvalue weighted by atomic mass is 16.2. The third-order valence-electron chi connectivity index (χ3n) is 5.85. The highest BCUT2D eigenvalue weighted by Gasteiger charge is 2.21. The minimum atomic E-state index is -0.174. The standard InChI is InChI=1S/C25H33N3O2/c1-4-13-28-14-11-20(12-15-28)16-23(29)26-22-10-6-9-21(17-22)25(30)27-24-18(2)7-5-8-19(24)3/h5-10,17,20H,4,11-16H2,1-3H3,(H,26,29)(H,27,30). The lowest BCUT2D eigenvalue weighted by Gasteiger charge is -2.31. The maximum absolute atomic E-state index is 12.7. The van der Waals surface area contributed by atoms with Crippen LogP contribution >= 0.6 is 0 Å². The molecule has 160 valence electrons. The Labute approximate surface area is 179 Å². The summed E-state index contributed by atoms with van der Waals surface area (Å²) in [5.74, 6) is 0.289. The van der Waals surface area contributed by atoms with E-state index in [1.165, 1.54) is 6.42 Å². The fourth-order valence-corrected chi connectivity index (χ4v) is 4.14. The number of benzene rings is 2. The molecule has 0 aliphatic carbocycles. The molecule has 1 saturated heterocycles. The number of para-hydroxylation sites is 1. The van der Waals surface area contributed by atoms with Crippen LogP contribution in [0.2, 0.25) is 0 Å². The van der Waals surface area contributed by atoms with Gasteiger partial charge in [0, 0.05) is 23.4 Å². The zero-order valence-corrected chi connectivity index (χ0v) is 18.3. The molecule has 0 spiro atoms. The van der Waals surface area contributed by atoms with Gasteiger partial charge in [-0.25, -0.2) is 0 Å². The van der Waals surface area contributed by atoms with Crippen molar-refractivity contribution < 1.29 is 9.59 Å². The Bertz CT molecular complexity index is 865. The second kappa shape index (κ2) is 10.4. The molecule has 2 aromatic carbocycles. The Hall–Kier alpha value is -2.66. The van der Waals surface area contributed by atoms with E-state index in [2.05, 4.69) is 22.5 Å². The normalized spacial score (nSPS) is 15.0. The molecule has 5 heteroatoms. The maximum atomic E-state index is 12.7. The number of carbonyl (C=O) groups excluding carboxylic acids is 2. The summed E-state index contributed by atoms with van der Waals surface area (Å²) in [6.45, 7) is 9.48. The SMILES string of the molecule is CCCN1CCC(CC(=O)Nc2cccc(C(=O)Nc3c(C)cccc3C)c2)CC1. The Morgan fingerprint density at radius 1 is 1.00 bits per heavy atom. The molecule has 3 rings (SSSR count). The van der Waals surface area contributed by atoms with E-state index >= 15 is 0 Å². The van der Waals surface area contributed by atoms with Crippen molar-refractivity contribution >= 4 is 23.2 Å². The Balaban J connectivity index is 1.56. The van der Waals surface area contributed by atoms with E-state index in [9.17, 15) is 9.59 Å². The lowest BCUT2D eigenvalue weighted by Crippen LogP contribution is -2.35. The number of aryl methyl sites for hydroxylation is 2. The summed E-state index contributed by atoms with van der Waals surface area (Å²) >= 11 is 0. The van der Waals surface area contributed by atoms with Crippen molar-refractivity contribution in [2.24, 2.45) is 5.92 Å². The molecule has 5 nitrogen and oxygen atoms in total. The quantitative estimate of drug-likeness (QED) is 0.678. The van der Waals surface area contributed by atoms with Gasteiger partial charge in [0.05, 0.1) is 0 Å². The van der Waals surface area contributed by atoms with Gasteiger partial charge in [-0.05, 0) is 88.0 Å². The zero-order valence-electron chi connectivity index (χ0n) is 18.3. The van der Waals surface area contributed by atoms with E-state index in [0.717, 1.165) is 49.3 Å². The number of nitrogens with zero attached hydrogens (tertiary/aromatic N) is 1. The molecule has 30 heavy (non-hydrogen) atoms. The van der Waals surface area contributed by atoms with Crippen LogP contribution in [0.25, 0.3) is 0 Å². The van der Waals surface area contributed by atoms with Gasteiger partial charge in [0.2, 0.25) is 5.91 Å². The molecule has 2 aromatic rings. The number of carbonyl (C=O) groups is 2. The van der Waals surface area contributed by atoms with Crippen LogP contribution in [0.4, 0.5) is 11.4 Å². The highest BCUT2D eigenvalue weighted by molar-refractivity contribution is 6.06. The van der Waals surface area contributed by atoms with E-state index < -0.39 is 0 Å². The number of hydrogen-bond donors (Lipinski definition) is 2. The smallest absolute Gasteiger partial charge is 0.255 e. The Morgan fingerprint density at radius 2 is 1.67 bits per heavy atom. The van der Waals surface area contributed by atoms with Gasteiger partial charge in [-0.1, -0.05) is 31.2 Å². The van der Waals surface area contributed by atoms with Crippen molar-refractivity contribution in [1.29, 1.82) is 0 Å². The summed E-state index contributed by atoms with van der Waals surface area (Å²) in [7, 11) is 0. The number of nitrogens with one attached hydrogen (secondary N) is 2. The first-order valence-electron chi connectivity index (χ1n) is 11.0. The first-order chi connectivity index (χ1) is 14.5. The van der Waals surface area contributed by atoms with Gasteiger partial charge in [-0.2, -0.15) is 0 Å². The predicted octanol–water partition coefficient (Wildman–Crippen LogP) is 5.01. The summed E-state index contributed by atoms with van der Waals surface area (Å²) in [6, 6.07) is 13.1. The van der Waals surface area contributed by atoms with Crippen LogP contribution in [0.5, 0.6) is 0 Å². The number of anilines is 2. The van der Waals surface area contributed by atoms with Gasteiger partial charge in [0.25, 0.3) is 5.91 Å². The number of piperidine rings is 1. The average molecular weight is 408 g/mol. The summed E-state index contributed by atoms with van der Waals surface area (Å²) in [4.78, 5) is 27.7. The van der Waals surface area contributed by atoms with E-state index in [0.29, 0.717) is 23.6 Å². The van der Waals surface area contributed by atoms with Gasteiger partial charge in [0.1, 0.15) is 0 Å². The maximum Gasteiger partial charge on any atom is 0.255 e. The van der Waals surface area contributed by atoms with Crippen molar-refractivity contribution in [3.05, 3.63) is 59.2 Å². The minimum absolute atomic E-state index is 0.0243. The molecular weight excluding hydrogens is 374 g/mol. The van der Waals surface area contributed by atoms with Crippen molar-refractivity contribution in [1.82, 2.24) is 4.90 Å². The largest absolute Gasteiger partial charge is 0.326 e. The molecule has 0 unspecified atom stereocenters. The van der Waals surface area contributed by atoms with Gasteiger partial charge >= 0.3 is 0 Å². The molecule has 0 bridgehead atoms. The number of hydrogen-bond acceptors (Lipinski definition) is 3. The van der Waals surface area contributed by atoms with E-state index in [1.807, 2.05) is 38.1 Å². The van der Waals surface area contributed by atoms with Crippen LogP contribution in [-0.4, -0.2) is 36.3 Å². The monoisotopic (exact) mass is 407 g/mol. The van der Waals surface area contributed by atoms with Crippen molar-refractivity contribution in [2.75, 3.05) is 30.3 Å². The molecule has 0 saturated carbocycles. The summed E-state index contributed by atoms with van der Waals surface area (Å²) in [5, 5.41) is 5.97. The second-order valence-electron chi connectivity index (χ2n) is 8.34. The average Bonchev–Trinajstić information content (AvgIpc) is 2.72. The summed E-state index contributed by atoms with van der Waals surface area (Å²) in [6.07, 6.45) is 3.87. The fourth-order valence-electron chi connectivity index (χ4n) is 4.14. The fraction of sp³-hybridized carbons (Fsp3) is 0.440. The van der Waals surface area contributed by atoms with Crippen molar-refractivity contribution in [3.8, 4) is 0 Å². The molecule has 2 N–H and O–H groups in total. The van der Waals surface area contributed by atoms with Crippen LogP contribution in [0.15, 0.2) is 42.5 Å². The summed E-state index contributed by atoms with van der Waals surface area (Å²) < 4.78 is 0. The second-order valence-corrected chi connectivity index (χ2v) is 8.34. The highest BCUT2D eigenvalue weighted by Crippen LogP contribution is 2.23.